The zero-order chi connectivity index (χ0) is 13.1. The smallest absolute Gasteiger partial charge is 0.237 e. The highest BCUT2D eigenvalue weighted by Gasteiger charge is 2.35. The summed E-state index contributed by atoms with van der Waals surface area (Å²) in [7, 11) is 1.70. The van der Waals surface area contributed by atoms with Crippen molar-refractivity contribution in [3.63, 3.8) is 0 Å². The SMILES string of the molecule is CNC(=O)C1CCCN1C(CN)c1sccc1C. The predicted octanol–water partition coefficient (Wildman–Crippen LogP) is 1.27. The molecule has 1 aromatic rings. The molecule has 0 aliphatic carbocycles. The third kappa shape index (κ3) is 2.43. The lowest BCUT2D eigenvalue weighted by Crippen LogP contribution is -2.45. The number of nitrogens with zero attached hydrogens (tertiary/aromatic N) is 1. The summed E-state index contributed by atoms with van der Waals surface area (Å²) in [6, 6.07) is 2.27. The molecule has 1 fully saturated rings. The average Bonchev–Trinajstić information content (AvgIpc) is 3.00. The number of nitrogens with one attached hydrogen (secondary N) is 1. The van der Waals surface area contributed by atoms with Crippen molar-refractivity contribution in [2.75, 3.05) is 20.1 Å². The lowest BCUT2D eigenvalue weighted by Gasteiger charge is -2.31. The van der Waals surface area contributed by atoms with Gasteiger partial charge >= 0.3 is 0 Å². The van der Waals surface area contributed by atoms with E-state index in [4.69, 9.17) is 5.73 Å². The van der Waals surface area contributed by atoms with E-state index in [1.807, 2.05) is 0 Å². The van der Waals surface area contributed by atoms with E-state index in [9.17, 15) is 4.79 Å². The molecule has 0 bridgehead atoms. The Labute approximate surface area is 112 Å². The molecule has 100 valence electrons. The van der Waals surface area contributed by atoms with Gasteiger partial charge in [0.1, 0.15) is 0 Å². The van der Waals surface area contributed by atoms with E-state index in [1.165, 1.54) is 10.4 Å². The molecule has 1 aliphatic rings. The molecule has 1 aliphatic heterocycles. The number of amides is 1. The Morgan fingerprint density at radius 3 is 3.06 bits per heavy atom. The summed E-state index contributed by atoms with van der Waals surface area (Å²) in [5.41, 5.74) is 7.23. The van der Waals surface area contributed by atoms with Crippen molar-refractivity contribution in [1.29, 1.82) is 0 Å². The van der Waals surface area contributed by atoms with Crippen LogP contribution in [0.3, 0.4) is 0 Å². The Hall–Kier alpha value is -0.910. The summed E-state index contributed by atoms with van der Waals surface area (Å²) in [4.78, 5) is 15.5. The summed E-state index contributed by atoms with van der Waals surface area (Å²) < 4.78 is 0. The van der Waals surface area contributed by atoms with Gasteiger partial charge in [0, 0.05) is 18.5 Å². The molecule has 0 radical (unpaired) electrons. The van der Waals surface area contributed by atoms with E-state index in [0.29, 0.717) is 6.54 Å². The first-order valence-corrected chi connectivity index (χ1v) is 7.28. The molecule has 2 unspecified atom stereocenters. The van der Waals surface area contributed by atoms with Crippen molar-refractivity contribution in [3.8, 4) is 0 Å². The fourth-order valence-corrected chi connectivity index (χ4v) is 3.79. The molecule has 2 atom stereocenters. The van der Waals surface area contributed by atoms with Crippen LogP contribution in [0.25, 0.3) is 0 Å². The molecule has 1 saturated heterocycles. The number of hydrogen-bond acceptors (Lipinski definition) is 4. The Morgan fingerprint density at radius 1 is 1.72 bits per heavy atom. The molecule has 5 heteroatoms. The number of carbonyl (C=O) groups excluding carboxylic acids is 1. The minimum absolute atomic E-state index is 0.0231. The van der Waals surface area contributed by atoms with Crippen LogP contribution in [0.4, 0.5) is 0 Å². The second-order valence-corrected chi connectivity index (χ2v) is 5.68. The Bertz CT molecular complexity index is 418. The minimum Gasteiger partial charge on any atom is -0.358 e. The summed E-state index contributed by atoms with van der Waals surface area (Å²) in [5.74, 6) is 0.111. The quantitative estimate of drug-likeness (QED) is 0.863. The van der Waals surface area contributed by atoms with Crippen molar-refractivity contribution in [2.45, 2.75) is 31.8 Å². The molecule has 2 rings (SSSR count). The zero-order valence-corrected chi connectivity index (χ0v) is 11.8. The molecule has 0 aromatic carbocycles. The number of rotatable bonds is 4. The van der Waals surface area contributed by atoms with Crippen molar-refractivity contribution in [1.82, 2.24) is 10.2 Å². The average molecular weight is 267 g/mol. The van der Waals surface area contributed by atoms with Gasteiger partial charge in [-0.15, -0.1) is 11.3 Å². The number of thiophene rings is 1. The van der Waals surface area contributed by atoms with Gasteiger partial charge in [-0.25, -0.2) is 0 Å². The third-order valence-electron chi connectivity index (χ3n) is 3.67. The van der Waals surface area contributed by atoms with Gasteiger partial charge in [0.05, 0.1) is 12.1 Å². The third-order valence-corrected chi connectivity index (χ3v) is 4.79. The van der Waals surface area contributed by atoms with Crippen LogP contribution < -0.4 is 11.1 Å². The normalized spacial score (nSPS) is 22.1. The predicted molar refractivity (Wildman–Crippen MR) is 74.6 cm³/mol. The van der Waals surface area contributed by atoms with Gasteiger partial charge in [0.15, 0.2) is 0 Å². The fraction of sp³-hybridized carbons (Fsp3) is 0.615. The van der Waals surface area contributed by atoms with Crippen LogP contribution in [0.5, 0.6) is 0 Å². The lowest BCUT2D eigenvalue weighted by molar-refractivity contribution is -0.125. The number of carbonyl (C=O) groups is 1. The monoisotopic (exact) mass is 267 g/mol. The van der Waals surface area contributed by atoms with Crippen molar-refractivity contribution in [2.24, 2.45) is 5.73 Å². The highest BCUT2D eigenvalue weighted by Crippen LogP contribution is 2.33. The van der Waals surface area contributed by atoms with Crippen molar-refractivity contribution in [3.05, 3.63) is 21.9 Å². The van der Waals surface area contributed by atoms with Gasteiger partial charge in [-0.3, -0.25) is 9.69 Å². The van der Waals surface area contributed by atoms with E-state index in [0.717, 1.165) is 19.4 Å². The second kappa shape index (κ2) is 5.82. The van der Waals surface area contributed by atoms with Crippen LogP contribution in [0, 0.1) is 6.92 Å². The van der Waals surface area contributed by atoms with E-state index < -0.39 is 0 Å². The van der Waals surface area contributed by atoms with Crippen LogP contribution in [-0.2, 0) is 4.79 Å². The Morgan fingerprint density at radius 2 is 2.50 bits per heavy atom. The van der Waals surface area contributed by atoms with E-state index in [2.05, 4.69) is 28.6 Å². The van der Waals surface area contributed by atoms with Crippen LogP contribution >= 0.6 is 11.3 Å². The van der Waals surface area contributed by atoms with Crippen LogP contribution in [-0.4, -0.2) is 37.0 Å². The number of nitrogens with two attached hydrogens (primary N) is 1. The molecular formula is C13H21N3OS. The first-order chi connectivity index (χ1) is 8.69. The summed E-state index contributed by atoms with van der Waals surface area (Å²) in [5, 5.41) is 4.85. The van der Waals surface area contributed by atoms with E-state index >= 15 is 0 Å². The lowest BCUT2D eigenvalue weighted by atomic mass is 10.1. The second-order valence-electron chi connectivity index (χ2n) is 4.73. The van der Waals surface area contributed by atoms with Gasteiger partial charge in [-0.2, -0.15) is 0 Å². The van der Waals surface area contributed by atoms with E-state index in [1.54, 1.807) is 18.4 Å². The molecule has 4 nitrogen and oxygen atoms in total. The van der Waals surface area contributed by atoms with Gasteiger partial charge in [0.25, 0.3) is 0 Å². The maximum Gasteiger partial charge on any atom is 0.237 e. The molecule has 1 aromatic heterocycles. The maximum atomic E-state index is 11.9. The Balaban J connectivity index is 2.22. The number of aryl methyl sites for hydroxylation is 1. The zero-order valence-electron chi connectivity index (χ0n) is 11.0. The molecule has 0 spiro atoms. The molecule has 1 amide bonds. The topological polar surface area (TPSA) is 58.4 Å². The number of likely N-dealkylation sites (N-methyl/N-ethyl adjacent to an activating group) is 1. The first kappa shape index (κ1) is 13.5. The standard InChI is InChI=1S/C13H21N3OS/c1-9-5-7-18-12(9)11(8-14)16-6-3-4-10(16)13(17)15-2/h5,7,10-11H,3-4,6,8,14H2,1-2H3,(H,15,17). The molecule has 3 N–H and O–H groups in total. The maximum absolute atomic E-state index is 11.9. The molecule has 0 saturated carbocycles. The fourth-order valence-electron chi connectivity index (χ4n) is 2.73. The van der Waals surface area contributed by atoms with E-state index in [-0.39, 0.29) is 18.0 Å². The van der Waals surface area contributed by atoms with Crippen molar-refractivity contribution >= 4 is 17.2 Å². The van der Waals surface area contributed by atoms with Gasteiger partial charge in [-0.05, 0) is 43.3 Å². The largest absolute Gasteiger partial charge is 0.358 e. The van der Waals surface area contributed by atoms with Gasteiger partial charge < -0.3 is 11.1 Å². The molecular weight excluding hydrogens is 246 g/mol. The van der Waals surface area contributed by atoms with Crippen molar-refractivity contribution < 1.29 is 4.79 Å². The first-order valence-electron chi connectivity index (χ1n) is 6.40. The highest BCUT2D eigenvalue weighted by molar-refractivity contribution is 7.10. The number of hydrogen-bond donors (Lipinski definition) is 2. The minimum atomic E-state index is -0.0231. The molecule has 18 heavy (non-hydrogen) atoms. The summed E-state index contributed by atoms with van der Waals surface area (Å²) in [6.45, 7) is 3.63. The van der Waals surface area contributed by atoms with Crippen LogP contribution in [0.2, 0.25) is 0 Å². The Kier molecular flexibility index (Phi) is 4.37. The van der Waals surface area contributed by atoms with Gasteiger partial charge in [-0.1, -0.05) is 0 Å². The summed E-state index contributed by atoms with van der Waals surface area (Å²) in [6.07, 6.45) is 2.00. The highest BCUT2D eigenvalue weighted by atomic mass is 32.1. The molecule has 2 heterocycles. The van der Waals surface area contributed by atoms with Crippen LogP contribution in [0.15, 0.2) is 11.4 Å². The van der Waals surface area contributed by atoms with Gasteiger partial charge in [0.2, 0.25) is 5.91 Å². The van der Waals surface area contributed by atoms with Crippen LogP contribution in [0.1, 0.15) is 29.3 Å². The number of likely N-dealkylation sites (tertiary alicyclic amines) is 1. The summed E-state index contributed by atoms with van der Waals surface area (Å²) >= 11 is 1.74.